The molecule has 3 aliphatic rings. The van der Waals surface area contributed by atoms with Crippen LogP contribution >= 0.6 is 0 Å². The number of anilines is 1. The third-order valence-electron chi connectivity index (χ3n) is 5.84. The van der Waals surface area contributed by atoms with Gasteiger partial charge in [0.2, 0.25) is 5.91 Å². The number of rotatable bonds is 3. The van der Waals surface area contributed by atoms with Crippen LogP contribution in [0, 0.1) is 5.92 Å². The van der Waals surface area contributed by atoms with E-state index in [0.29, 0.717) is 11.4 Å². The van der Waals surface area contributed by atoms with Crippen LogP contribution in [-0.2, 0) is 4.79 Å². The molecular weight excluding hydrogens is 346 g/mol. The summed E-state index contributed by atoms with van der Waals surface area (Å²) in [6.45, 7) is 0. The number of amides is 3. The van der Waals surface area contributed by atoms with Gasteiger partial charge in [0.25, 0.3) is 5.79 Å². The normalized spacial score (nSPS) is 25.2. The van der Waals surface area contributed by atoms with Gasteiger partial charge in [-0.15, -0.1) is 0 Å². The highest BCUT2D eigenvalue weighted by molar-refractivity contribution is 5.90. The second kappa shape index (κ2) is 7.29. The second-order valence-corrected chi connectivity index (χ2v) is 7.74. The molecule has 7 heteroatoms. The molecule has 0 atom stereocenters. The van der Waals surface area contributed by atoms with Gasteiger partial charge in [-0.1, -0.05) is 0 Å². The molecule has 0 saturated heterocycles. The second-order valence-electron chi connectivity index (χ2n) is 7.74. The molecule has 1 spiro atoms. The van der Waals surface area contributed by atoms with Gasteiger partial charge in [-0.05, 0) is 50.7 Å². The Morgan fingerprint density at radius 3 is 2.44 bits per heavy atom. The molecule has 2 saturated carbocycles. The van der Waals surface area contributed by atoms with E-state index in [1.807, 2.05) is 18.2 Å². The van der Waals surface area contributed by atoms with Gasteiger partial charge in [-0.2, -0.15) is 0 Å². The maximum absolute atomic E-state index is 12.3. The van der Waals surface area contributed by atoms with Crippen LogP contribution < -0.4 is 25.4 Å². The Labute approximate surface area is 159 Å². The molecule has 0 aromatic heterocycles. The third-order valence-corrected chi connectivity index (χ3v) is 5.84. The maximum atomic E-state index is 12.3. The fourth-order valence-electron chi connectivity index (χ4n) is 4.35. The Morgan fingerprint density at radius 2 is 1.74 bits per heavy atom. The topological polar surface area (TPSA) is 88.7 Å². The highest BCUT2D eigenvalue weighted by Crippen LogP contribution is 2.47. The highest BCUT2D eigenvalue weighted by Gasteiger charge is 2.44. The number of carbonyl (C=O) groups excluding carboxylic acids is 2. The van der Waals surface area contributed by atoms with Gasteiger partial charge < -0.3 is 25.4 Å². The Bertz CT molecular complexity index is 722. The van der Waals surface area contributed by atoms with Crippen molar-refractivity contribution in [2.75, 3.05) is 12.4 Å². The zero-order valence-corrected chi connectivity index (χ0v) is 15.7. The molecule has 0 bridgehead atoms. The van der Waals surface area contributed by atoms with Crippen molar-refractivity contribution in [2.24, 2.45) is 5.92 Å². The molecule has 0 unspecified atom stereocenters. The minimum absolute atomic E-state index is 0.0629. The first-order chi connectivity index (χ1) is 13.1. The van der Waals surface area contributed by atoms with Crippen LogP contribution in [0.1, 0.15) is 51.4 Å². The Morgan fingerprint density at radius 1 is 1.04 bits per heavy atom. The first-order valence-corrected chi connectivity index (χ1v) is 9.88. The number of nitrogens with one attached hydrogen (secondary N) is 3. The van der Waals surface area contributed by atoms with E-state index in [2.05, 4.69) is 16.0 Å². The summed E-state index contributed by atoms with van der Waals surface area (Å²) in [6.07, 6.45) is 7.28. The van der Waals surface area contributed by atoms with Crippen LogP contribution in [0.4, 0.5) is 10.5 Å². The van der Waals surface area contributed by atoms with E-state index >= 15 is 0 Å². The van der Waals surface area contributed by atoms with Crippen molar-refractivity contribution in [3.05, 3.63) is 18.2 Å². The predicted molar refractivity (Wildman–Crippen MR) is 101 cm³/mol. The first-order valence-electron chi connectivity index (χ1n) is 9.88. The van der Waals surface area contributed by atoms with E-state index in [0.717, 1.165) is 57.1 Å². The summed E-state index contributed by atoms with van der Waals surface area (Å²) < 4.78 is 12.0. The predicted octanol–water partition coefficient (Wildman–Crippen LogP) is 3.15. The summed E-state index contributed by atoms with van der Waals surface area (Å²) in [4.78, 5) is 24.0. The molecule has 3 N–H and O–H groups in total. The lowest BCUT2D eigenvalue weighted by Crippen LogP contribution is -2.42. The number of hydrogen-bond donors (Lipinski definition) is 3. The summed E-state index contributed by atoms with van der Waals surface area (Å²) >= 11 is 0. The van der Waals surface area contributed by atoms with Gasteiger partial charge in [-0.3, -0.25) is 4.79 Å². The van der Waals surface area contributed by atoms with E-state index in [1.165, 1.54) is 0 Å². The Kier molecular flexibility index (Phi) is 4.85. The highest BCUT2D eigenvalue weighted by atomic mass is 16.7. The molecule has 2 aliphatic carbocycles. The fourth-order valence-corrected chi connectivity index (χ4v) is 4.35. The average Bonchev–Trinajstić information content (AvgIpc) is 3.27. The first kappa shape index (κ1) is 17.9. The minimum Gasteiger partial charge on any atom is -0.448 e. The molecule has 7 nitrogen and oxygen atoms in total. The van der Waals surface area contributed by atoms with Crippen molar-refractivity contribution >= 4 is 17.6 Å². The van der Waals surface area contributed by atoms with Crippen LogP contribution in [0.3, 0.4) is 0 Å². The quantitative estimate of drug-likeness (QED) is 0.759. The summed E-state index contributed by atoms with van der Waals surface area (Å²) in [6, 6.07) is 5.38. The summed E-state index contributed by atoms with van der Waals surface area (Å²) in [5.41, 5.74) is 0.684. The van der Waals surface area contributed by atoms with E-state index in [-0.39, 0.29) is 23.9 Å². The lowest BCUT2D eigenvalue weighted by Gasteiger charge is -2.28. The number of carbonyl (C=O) groups is 2. The number of hydrogen-bond acceptors (Lipinski definition) is 4. The molecule has 1 heterocycles. The third kappa shape index (κ3) is 3.82. The molecule has 146 valence electrons. The van der Waals surface area contributed by atoms with E-state index < -0.39 is 5.79 Å². The van der Waals surface area contributed by atoms with Gasteiger partial charge in [0.15, 0.2) is 11.5 Å². The van der Waals surface area contributed by atoms with Crippen molar-refractivity contribution in [1.82, 2.24) is 10.6 Å². The lowest BCUT2D eigenvalue weighted by atomic mass is 9.85. The average molecular weight is 373 g/mol. The van der Waals surface area contributed by atoms with Gasteiger partial charge in [0.1, 0.15) is 0 Å². The number of benzene rings is 1. The van der Waals surface area contributed by atoms with E-state index in [9.17, 15) is 9.59 Å². The minimum atomic E-state index is -0.493. The van der Waals surface area contributed by atoms with Crippen LogP contribution in [-0.4, -0.2) is 30.8 Å². The maximum Gasteiger partial charge on any atom is 0.319 e. The monoisotopic (exact) mass is 373 g/mol. The van der Waals surface area contributed by atoms with Gasteiger partial charge in [0.05, 0.1) is 0 Å². The van der Waals surface area contributed by atoms with Crippen molar-refractivity contribution < 1.29 is 19.1 Å². The zero-order valence-electron chi connectivity index (χ0n) is 15.7. The summed E-state index contributed by atoms with van der Waals surface area (Å²) in [5.74, 6) is 1.11. The van der Waals surface area contributed by atoms with Gasteiger partial charge >= 0.3 is 6.03 Å². The molecular formula is C20H27N3O4. The van der Waals surface area contributed by atoms with Crippen LogP contribution in [0.5, 0.6) is 11.5 Å². The molecule has 0 radical (unpaired) electrons. The standard InChI is InChI=1S/C20H27N3O4/c1-21-18(24)13-4-6-14(7-5-13)22-19(25)23-15-8-9-16-17(12-15)27-20(26-16)10-2-3-11-20/h8-9,12-14H,2-7,10-11H2,1H3,(H,21,24)(H2,22,23,25). The number of urea groups is 1. The van der Waals surface area contributed by atoms with Crippen LogP contribution in [0.15, 0.2) is 18.2 Å². The lowest BCUT2D eigenvalue weighted by molar-refractivity contribution is -0.125. The SMILES string of the molecule is CNC(=O)C1CCC(NC(=O)Nc2ccc3c(c2)OC2(CCCC2)O3)CC1. The fraction of sp³-hybridized carbons (Fsp3) is 0.600. The van der Waals surface area contributed by atoms with Crippen molar-refractivity contribution in [2.45, 2.75) is 63.2 Å². The molecule has 2 fully saturated rings. The molecule has 1 aromatic rings. The smallest absolute Gasteiger partial charge is 0.319 e. The number of fused-ring (bicyclic) bond motifs is 1. The largest absolute Gasteiger partial charge is 0.448 e. The molecule has 3 amide bonds. The Balaban J connectivity index is 1.29. The molecule has 1 aliphatic heterocycles. The van der Waals surface area contributed by atoms with Crippen molar-refractivity contribution in [3.63, 3.8) is 0 Å². The summed E-state index contributed by atoms with van der Waals surface area (Å²) in [5, 5.41) is 8.59. The van der Waals surface area contributed by atoms with Gasteiger partial charge in [-0.25, -0.2) is 4.79 Å². The molecule has 27 heavy (non-hydrogen) atoms. The van der Waals surface area contributed by atoms with Crippen molar-refractivity contribution in [3.8, 4) is 11.5 Å². The molecule has 4 rings (SSSR count). The van der Waals surface area contributed by atoms with Gasteiger partial charge in [0, 0.05) is 43.6 Å². The van der Waals surface area contributed by atoms with Crippen LogP contribution in [0.25, 0.3) is 0 Å². The summed E-state index contributed by atoms with van der Waals surface area (Å²) in [7, 11) is 1.67. The molecule has 1 aromatic carbocycles. The zero-order chi connectivity index (χ0) is 18.9. The van der Waals surface area contributed by atoms with Crippen LogP contribution in [0.2, 0.25) is 0 Å². The van der Waals surface area contributed by atoms with Crippen molar-refractivity contribution in [1.29, 1.82) is 0 Å². The van der Waals surface area contributed by atoms with E-state index in [4.69, 9.17) is 9.47 Å². The van der Waals surface area contributed by atoms with E-state index in [1.54, 1.807) is 7.05 Å². The Hall–Kier alpha value is -2.44. The number of ether oxygens (including phenoxy) is 2.